The molecule has 160 valence electrons. The van der Waals surface area contributed by atoms with Gasteiger partial charge in [-0.15, -0.1) is 0 Å². The molecule has 0 radical (unpaired) electrons. The summed E-state index contributed by atoms with van der Waals surface area (Å²) in [6.07, 6.45) is 3.96. The third-order valence-corrected chi connectivity index (χ3v) is 7.42. The summed E-state index contributed by atoms with van der Waals surface area (Å²) < 4.78 is 47.0. The van der Waals surface area contributed by atoms with Crippen LogP contribution >= 0.6 is 11.6 Å². The van der Waals surface area contributed by atoms with E-state index in [-0.39, 0.29) is 39.2 Å². The number of nitrogens with one attached hydrogen (secondary N) is 1. The van der Waals surface area contributed by atoms with Gasteiger partial charge in [-0.2, -0.15) is 0 Å². The molecule has 0 aromatic heterocycles. The Morgan fingerprint density at radius 1 is 1.13 bits per heavy atom. The average Bonchev–Trinajstić information content (AvgIpc) is 2.74. The van der Waals surface area contributed by atoms with Crippen LogP contribution in [0.4, 0.5) is 10.1 Å². The Hall–Kier alpha value is -2.16. The number of sulfonamides is 1. The molecule has 1 saturated heterocycles. The number of carbonyl (C=O) groups excluding carboxylic acids is 1. The van der Waals surface area contributed by atoms with Gasteiger partial charge in [0.15, 0.2) is 0 Å². The standard InChI is InChI=1S/C21H22ClFN2O4S/c22-17-10-5-14(21(26)25-11-12-29-19-4-2-1-3-18(19)25)13-20(17)30(27,28)24-16-8-6-15(23)7-9-16/h5-10,13,18-19,24H,1-4,11-12H2. The van der Waals surface area contributed by atoms with Crippen molar-refractivity contribution in [1.29, 1.82) is 0 Å². The molecular formula is C21H22ClFN2O4S. The van der Waals surface area contributed by atoms with Crippen LogP contribution in [-0.2, 0) is 14.8 Å². The van der Waals surface area contributed by atoms with Gasteiger partial charge in [0, 0.05) is 17.8 Å². The van der Waals surface area contributed by atoms with Crippen molar-refractivity contribution in [2.24, 2.45) is 0 Å². The number of hydrogen-bond acceptors (Lipinski definition) is 4. The summed E-state index contributed by atoms with van der Waals surface area (Å²) in [5, 5.41) is -0.00122. The van der Waals surface area contributed by atoms with E-state index in [9.17, 15) is 17.6 Å². The molecule has 2 fully saturated rings. The maximum absolute atomic E-state index is 13.2. The highest BCUT2D eigenvalue weighted by Crippen LogP contribution is 2.31. The molecule has 6 nitrogen and oxygen atoms in total. The molecule has 2 aromatic carbocycles. The molecule has 1 N–H and O–H groups in total. The highest BCUT2D eigenvalue weighted by molar-refractivity contribution is 7.92. The first-order valence-corrected chi connectivity index (χ1v) is 11.7. The predicted octanol–water partition coefficient (Wildman–Crippen LogP) is 4.06. The van der Waals surface area contributed by atoms with Crippen molar-refractivity contribution in [2.45, 2.75) is 42.7 Å². The number of fused-ring (bicyclic) bond motifs is 1. The van der Waals surface area contributed by atoms with Crippen LogP contribution < -0.4 is 4.72 Å². The Kier molecular flexibility index (Phi) is 5.99. The van der Waals surface area contributed by atoms with E-state index in [4.69, 9.17) is 16.3 Å². The molecule has 0 spiro atoms. The minimum absolute atomic E-state index is 0.00122. The van der Waals surface area contributed by atoms with Gasteiger partial charge in [0.25, 0.3) is 15.9 Å². The fourth-order valence-corrected chi connectivity index (χ4v) is 5.67. The summed E-state index contributed by atoms with van der Waals surface area (Å²) in [4.78, 5) is 14.8. The van der Waals surface area contributed by atoms with E-state index in [0.717, 1.165) is 37.8 Å². The number of benzene rings is 2. The van der Waals surface area contributed by atoms with E-state index < -0.39 is 15.8 Å². The number of nitrogens with zero attached hydrogens (tertiary/aromatic N) is 1. The van der Waals surface area contributed by atoms with Gasteiger partial charge in [0.2, 0.25) is 0 Å². The monoisotopic (exact) mass is 452 g/mol. The van der Waals surface area contributed by atoms with E-state index in [0.29, 0.717) is 13.2 Å². The second-order valence-electron chi connectivity index (χ2n) is 7.52. The minimum atomic E-state index is -4.07. The van der Waals surface area contributed by atoms with Gasteiger partial charge < -0.3 is 9.64 Å². The highest BCUT2D eigenvalue weighted by Gasteiger charge is 2.37. The second-order valence-corrected chi connectivity index (χ2v) is 9.58. The molecular weight excluding hydrogens is 431 g/mol. The zero-order valence-corrected chi connectivity index (χ0v) is 17.8. The third kappa shape index (κ3) is 4.31. The smallest absolute Gasteiger partial charge is 0.263 e. The van der Waals surface area contributed by atoms with Gasteiger partial charge in [0.05, 0.1) is 23.8 Å². The molecule has 1 heterocycles. The quantitative estimate of drug-likeness (QED) is 0.758. The molecule has 2 unspecified atom stereocenters. The summed E-state index contributed by atoms with van der Waals surface area (Å²) in [5.74, 6) is -0.708. The van der Waals surface area contributed by atoms with Crippen molar-refractivity contribution in [3.05, 3.63) is 58.9 Å². The topological polar surface area (TPSA) is 75.7 Å². The zero-order valence-electron chi connectivity index (χ0n) is 16.2. The molecule has 30 heavy (non-hydrogen) atoms. The number of halogens is 2. The largest absolute Gasteiger partial charge is 0.374 e. The molecule has 1 aliphatic heterocycles. The molecule has 0 bridgehead atoms. The molecule has 1 aliphatic carbocycles. The van der Waals surface area contributed by atoms with Crippen LogP contribution in [0.3, 0.4) is 0 Å². The first-order valence-electron chi connectivity index (χ1n) is 9.86. The van der Waals surface area contributed by atoms with E-state index in [1.54, 1.807) is 4.90 Å². The molecule has 9 heteroatoms. The Morgan fingerprint density at radius 3 is 2.63 bits per heavy atom. The van der Waals surface area contributed by atoms with E-state index in [1.807, 2.05) is 0 Å². The van der Waals surface area contributed by atoms with E-state index in [2.05, 4.69) is 4.72 Å². The number of amides is 1. The predicted molar refractivity (Wildman–Crippen MR) is 112 cm³/mol. The van der Waals surface area contributed by atoms with Gasteiger partial charge in [0.1, 0.15) is 10.7 Å². The molecule has 1 saturated carbocycles. The van der Waals surface area contributed by atoms with Crippen molar-refractivity contribution in [3.63, 3.8) is 0 Å². The lowest BCUT2D eigenvalue weighted by Crippen LogP contribution is -2.54. The highest BCUT2D eigenvalue weighted by atomic mass is 35.5. The van der Waals surface area contributed by atoms with Crippen molar-refractivity contribution in [1.82, 2.24) is 4.90 Å². The maximum atomic E-state index is 13.2. The van der Waals surface area contributed by atoms with Crippen LogP contribution in [0, 0.1) is 5.82 Å². The summed E-state index contributed by atoms with van der Waals surface area (Å²) >= 11 is 6.15. The van der Waals surface area contributed by atoms with Gasteiger partial charge in [-0.3, -0.25) is 9.52 Å². The molecule has 1 amide bonds. The minimum Gasteiger partial charge on any atom is -0.374 e. The SMILES string of the molecule is O=C(c1ccc(Cl)c(S(=O)(=O)Nc2ccc(F)cc2)c1)N1CCOC2CCCCC21. The first kappa shape index (κ1) is 21.1. The lowest BCUT2D eigenvalue weighted by atomic mass is 9.89. The van der Waals surface area contributed by atoms with Gasteiger partial charge in [-0.25, -0.2) is 12.8 Å². The second kappa shape index (κ2) is 8.53. The van der Waals surface area contributed by atoms with E-state index >= 15 is 0 Å². The van der Waals surface area contributed by atoms with Crippen LogP contribution in [0.15, 0.2) is 47.4 Å². The Morgan fingerprint density at radius 2 is 1.87 bits per heavy atom. The molecule has 2 atom stereocenters. The van der Waals surface area contributed by atoms with Crippen LogP contribution in [0.25, 0.3) is 0 Å². The van der Waals surface area contributed by atoms with Crippen LogP contribution in [0.5, 0.6) is 0 Å². The summed E-state index contributed by atoms with van der Waals surface area (Å²) in [6, 6.07) is 9.18. The van der Waals surface area contributed by atoms with Crippen LogP contribution in [-0.4, -0.2) is 44.5 Å². The number of rotatable bonds is 4. The Labute approximate surface area is 180 Å². The van der Waals surface area contributed by atoms with Gasteiger partial charge >= 0.3 is 0 Å². The third-order valence-electron chi connectivity index (χ3n) is 5.56. The number of morpholine rings is 1. The number of carbonyl (C=O) groups is 1. The maximum Gasteiger partial charge on any atom is 0.263 e. The fourth-order valence-electron chi connectivity index (χ4n) is 4.08. The molecule has 2 aromatic rings. The van der Waals surface area contributed by atoms with Crippen molar-refractivity contribution >= 4 is 33.2 Å². The fraction of sp³-hybridized carbons (Fsp3) is 0.381. The lowest BCUT2D eigenvalue weighted by Gasteiger charge is -2.43. The Bertz CT molecular complexity index is 1040. The summed E-state index contributed by atoms with van der Waals surface area (Å²) in [7, 11) is -4.07. The zero-order chi connectivity index (χ0) is 21.3. The number of anilines is 1. The van der Waals surface area contributed by atoms with Crippen LogP contribution in [0.1, 0.15) is 36.0 Å². The first-order chi connectivity index (χ1) is 14.3. The van der Waals surface area contributed by atoms with Gasteiger partial charge in [-0.1, -0.05) is 24.4 Å². The van der Waals surface area contributed by atoms with Gasteiger partial charge in [-0.05, 0) is 55.3 Å². The normalized spacial score (nSPS) is 21.7. The van der Waals surface area contributed by atoms with Crippen molar-refractivity contribution < 1.29 is 22.3 Å². The molecule has 4 rings (SSSR count). The Balaban J connectivity index is 1.61. The summed E-state index contributed by atoms with van der Waals surface area (Å²) in [5.41, 5.74) is 0.451. The van der Waals surface area contributed by atoms with Crippen molar-refractivity contribution in [3.8, 4) is 0 Å². The molecule has 2 aliphatic rings. The van der Waals surface area contributed by atoms with Crippen molar-refractivity contribution in [2.75, 3.05) is 17.9 Å². The lowest BCUT2D eigenvalue weighted by molar-refractivity contribution is -0.0752. The number of hydrogen-bond donors (Lipinski definition) is 1. The number of ether oxygens (including phenoxy) is 1. The van der Waals surface area contributed by atoms with Crippen LogP contribution in [0.2, 0.25) is 5.02 Å². The van der Waals surface area contributed by atoms with E-state index in [1.165, 1.54) is 30.3 Å². The summed E-state index contributed by atoms with van der Waals surface area (Å²) in [6.45, 7) is 0.941. The average molecular weight is 453 g/mol.